The summed E-state index contributed by atoms with van der Waals surface area (Å²) in [6, 6.07) is 17.5. The highest BCUT2D eigenvalue weighted by molar-refractivity contribution is 8.18. The molecule has 182 valence electrons. The number of carbonyl (C=O) groups excluding carboxylic acids is 2. The largest absolute Gasteiger partial charge is 0.489 e. The lowest BCUT2D eigenvalue weighted by atomic mass is 10.2. The van der Waals surface area contributed by atoms with E-state index in [2.05, 4.69) is 4.57 Å². The zero-order valence-corrected chi connectivity index (χ0v) is 21.5. The molecule has 4 rings (SSSR count). The Hall–Kier alpha value is -3.00. The second-order valence-corrected chi connectivity index (χ2v) is 9.62. The number of rotatable bonds is 9. The summed E-state index contributed by atoms with van der Waals surface area (Å²) in [4.78, 5) is 26.8. The Balaban J connectivity index is 1.49. The van der Waals surface area contributed by atoms with Crippen LogP contribution in [-0.2, 0) is 16.1 Å². The maximum Gasteiger partial charge on any atom is 0.293 e. The van der Waals surface area contributed by atoms with Crippen molar-refractivity contribution in [2.45, 2.75) is 26.9 Å². The van der Waals surface area contributed by atoms with Gasteiger partial charge < -0.3 is 14.0 Å². The summed E-state index contributed by atoms with van der Waals surface area (Å²) < 4.78 is 13.0. The monoisotopic (exact) mass is 510 g/mol. The van der Waals surface area contributed by atoms with Gasteiger partial charge >= 0.3 is 0 Å². The number of nitrogens with zero attached hydrogens (tertiary/aromatic N) is 2. The number of amides is 2. The van der Waals surface area contributed by atoms with Gasteiger partial charge in [-0.1, -0.05) is 29.8 Å². The third kappa shape index (κ3) is 5.64. The van der Waals surface area contributed by atoms with E-state index >= 15 is 0 Å². The van der Waals surface area contributed by atoms with Gasteiger partial charge in [0, 0.05) is 47.9 Å². The first-order valence-corrected chi connectivity index (χ1v) is 12.5. The number of thioether (sulfide) groups is 1. The van der Waals surface area contributed by atoms with E-state index in [1.54, 1.807) is 13.2 Å². The Bertz CT molecular complexity index is 1270. The van der Waals surface area contributed by atoms with Crippen LogP contribution in [0, 0.1) is 13.8 Å². The van der Waals surface area contributed by atoms with Gasteiger partial charge in [-0.2, -0.15) is 0 Å². The molecule has 0 N–H and O–H groups in total. The van der Waals surface area contributed by atoms with Crippen LogP contribution < -0.4 is 4.74 Å². The van der Waals surface area contributed by atoms with E-state index in [0.29, 0.717) is 36.1 Å². The van der Waals surface area contributed by atoms with Gasteiger partial charge in [0.05, 0.1) is 4.91 Å². The van der Waals surface area contributed by atoms with E-state index < -0.39 is 0 Å². The normalized spacial score (nSPS) is 14.9. The highest BCUT2D eigenvalue weighted by Gasteiger charge is 2.34. The van der Waals surface area contributed by atoms with Gasteiger partial charge in [0.15, 0.2) is 0 Å². The number of hydrogen-bond acceptors (Lipinski definition) is 5. The molecule has 2 aromatic carbocycles. The van der Waals surface area contributed by atoms with Crippen LogP contribution in [0.5, 0.6) is 5.75 Å². The molecule has 1 aliphatic heterocycles. The van der Waals surface area contributed by atoms with Gasteiger partial charge in [0.1, 0.15) is 12.4 Å². The minimum Gasteiger partial charge on any atom is -0.489 e. The lowest BCUT2D eigenvalue weighted by Crippen LogP contribution is -2.29. The number of imide groups is 1. The summed E-state index contributed by atoms with van der Waals surface area (Å²) in [5, 5.41) is 0.446. The molecule has 35 heavy (non-hydrogen) atoms. The Morgan fingerprint density at radius 2 is 1.80 bits per heavy atom. The van der Waals surface area contributed by atoms with Crippen LogP contribution in [-0.4, -0.2) is 40.9 Å². The van der Waals surface area contributed by atoms with Crippen molar-refractivity contribution in [3.8, 4) is 11.4 Å². The molecule has 3 aromatic rings. The van der Waals surface area contributed by atoms with Gasteiger partial charge in [-0.05, 0) is 80.1 Å². The quantitative estimate of drug-likeness (QED) is 0.246. The molecular weight excluding hydrogens is 484 g/mol. The molecule has 8 heteroatoms. The van der Waals surface area contributed by atoms with E-state index in [0.717, 1.165) is 45.7 Å². The van der Waals surface area contributed by atoms with Crippen molar-refractivity contribution in [2.75, 3.05) is 20.3 Å². The fourth-order valence-electron chi connectivity index (χ4n) is 4.00. The molecule has 0 bridgehead atoms. The van der Waals surface area contributed by atoms with Crippen molar-refractivity contribution in [1.29, 1.82) is 0 Å². The van der Waals surface area contributed by atoms with Gasteiger partial charge in [0.2, 0.25) is 0 Å². The molecule has 1 aromatic heterocycles. The molecule has 2 heterocycles. The van der Waals surface area contributed by atoms with Gasteiger partial charge in [0.25, 0.3) is 11.1 Å². The van der Waals surface area contributed by atoms with E-state index in [-0.39, 0.29) is 11.1 Å². The summed E-state index contributed by atoms with van der Waals surface area (Å²) in [5.74, 6) is 0.499. The molecule has 0 unspecified atom stereocenters. The summed E-state index contributed by atoms with van der Waals surface area (Å²) in [7, 11) is 1.60. The Labute approximate surface area is 214 Å². The average molecular weight is 511 g/mol. The molecule has 0 atom stereocenters. The predicted octanol–water partition coefficient (Wildman–Crippen LogP) is 6.40. The molecule has 0 aliphatic carbocycles. The van der Waals surface area contributed by atoms with Crippen LogP contribution in [0.1, 0.15) is 28.9 Å². The predicted molar refractivity (Wildman–Crippen MR) is 140 cm³/mol. The topological polar surface area (TPSA) is 60.8 Å². The number of halogens is 1. The second-order valence-electron chi connectivity index (χ2n) is 8.22. The number of ether oxygens (including phenoxy) is 2. The van der Waals surface area contributed by atoms with Crippen LogP contribution in [0.4, 0.5) is 4.79 Å². The number of aryl methyl sites for hydroxylation is 1. The van der Waals surface area contributed by atoms with Crippen molar-refractivity contribution in [3.05, 3.63) is 87.0 Å². The molecular formula is C27H27ClN2O4S. The fourth-order valence-corrected chi connectivity index (χ4v) is 5.05. The zero-order chi connectivity index (χ0) is 24.9. The SMILES string of the molecule is COCCCN1C(=O)S/C(=C/c2cc(C)n(-c3ccc(OCc4ccccc4Cl)cc3)c2C)C1=O. The molecule has 1 fully saturated rings. The fraction of sp³-hybridized carbons (Fsp3) is 0.259. The Kier molecular flexibility index (Phi) is 8.00. The second kappa shape index (κ2) is 11.2. The third-order valence-electron chi connectivity index (χ3n) is 5.81. The third-order valence-corrected chi connectivity index (χ3v) is 7.08. The molecule has 6 nitrogen and oxygen atoms in total. The average Bonchev–Trinajstić information content (AvgIpc) is 3.28. The van der Waals surface area contributed by atoms with E-state index in [1.807, 2.05) is 68.4 Å². The summed E-state index contributed by atoms with van der Waals surface area (Å²) in [5.41, 5.74) is 4.83. The molecule has 2 amide bonds. The first kappa shape index (κ1) is 25.1. The number of hydrogen-bond donors (Lipinski definition) is 0. The highest BCUT2D eigenvalue weighted by Crippen LogP contribution is 2.34. The van der Waals surface area contributed by atoms with Crippen LogP contribution in [0.25, 0.3) is 11.8 Å². The minimum absolute atomic E-state index is 0.237. The first-order valence-electron chi connectivity index (χ1n) is 11.3. The molecule has 0 radical (unpaired) electrons. The number of benzene rings is 2. The zero-order valence-electron chi connectivity index (χ0n) is 19.9. The minimum atomic E-state index is -0.249. The smallest absolute Gasteiger partial charge is 0.293 e. The van der Waals surface area contributed by atoms with E-state index in [1.165, 1.54) is 4.90 Å². The van der Waals surface area contributed by atoms with Crippen molar-refractivity contribution in [3.63, 3.8) is 0 Å². The maximum absolute atomic E-state index is 12.8. The summed E-state index contributed by atoms with van der Waals surface area (Å²) in [6.45, 7) is 5.28. The van der Waals surface area contributed by atoms with Gasteiger partial charge in [-0.3, -0.25) is 14.5 Å². The number of aromatic nitrogens is 1. The van der Waals surface area contributed by atoms with Crippen molar-refractivity contribution >= 4 is 40.6 Å². The van der Waals surface area contributed by atoms with Gasteiger partial charge in [-0.15, -0.1) is 0 Å². The van der Waals surface area contributed by atoms with Crippen molar-refractivity contribution < 1.29 is 19.1 Å². The van der Waals surface area contributed by atoms with Crippen LogP contribution in [0.2, 0.25) is 5.02 Å². The summed E-state index contributed by atoms with van der Waals surface area (Å²) in [6.07, 6.45) is 2.43. The maximum atomic E-state index is 12.8. The Morgan fingerprint density at radius 3 is 2.51 bits per heavy atom. The lowest BCUT2D eigenvalue weighted by Gasteiger charge is -2.12. The van der Waals surface area contributed by atoms with Crippen LogP contribution >= 0.6 is 23.4 Å². The van der Waals surface area contributed by atoms with Crippen LogP contribution in [0.3, 0.4) is 0 Å². The molecule has 0 spiro atoms. The standard InChI is InChI=1S/C27H27ClN2O4S/c1-18-15-21(16-25-26(31)29(27(32)35-25)13-6-14-33-3)19(2)30(18)22-9-11-23(12-10-22)34-17-20-7-4-5-8-24(20)28/h4-5,7-12,15-16H,6,13-14,17H2,1-3H3/b25-16+. The van der Waals surface area contributed by atoms with Gasteiger partial charge in [-0.25, -0.2) is 0 Å². The summed E-state index contributed by atoms with van der Waals surface area (Å²) >= 11 is 7.19. The number of carbonyl (C=O) groups is 2. The molecule has 1 saturated heterocycles. The number of methoxy groups -OCH3 is 1. The van der Waals surface area contributed by atoms with E-state index in [9.17, 15) is 9.59 Å². The van der Waals surface area contributed by atoms with Crippen molar-refractivity contribution in [2.24, 2.45) is 0 Å². The highest BCUT2D eigenvalue weighted by atomic mass is 35.5. The molecule has 1 aliphatic rings. The van der Waals surface area contributed by atoms with Crippen LogP contribution in [0.15, 0.2) is 59.5 Å². The lowest BCUT2D eigenvalue weighted by molar-refractivity contribution is -0.122. The van der Waals surface area contributed by atoms with E-state index in [4.69, 9.17) is 21.1 Å². The Morgan fingerprint density at radius 1 is 1.06 bits per heavy atom. The molecule has 0 saturated carbocycles. The van der Waals surface area contributed by atoms with Crippen molar-refractivity contribution in [1.82, 2.24) is 9.47 Å². The first-order chi connectivity index (χ1) is 16.9.